The van der Waals surface area contributed by atoms with Gasteiger partial charge in [-0.15, -0.1) is 0 Å². The summed E-state index contributed by atoms with van der Waals surface area (Å²) in [5.41, 5.74) is 2.08. The van der Waals surface area contributed by atoms with E-state index in [4.69, 9.17) is 5.11 Å². The van der Waals surface area contributed by atoms with Crippen molar-refractivity contribution in [3.8, 4) is 0 Å². The molecule has 0 saturated carbocycles. The van der Waals surface area contributed by atoms with E-state index in [1.165, 1.54) is 0 Å². The third kappa shape index (κ3) is 2.23. The summed E-state index contributed by atoms with van der Waals surface area (Å²) in [5.74, 6) is -0.877. The van der Waals surface area contributed by atoms with Crippen LogP contribution in [0.1, 0.15) is 19.4 Å². The molecule has 2 nitrogen and oxygen atoms in total. The zero-order valence-electron chi connectivity index (χ0n) is 8.04. The predicted octanol–water partition coefficient (Wildman–Crippen LogP) is 3.33. The fraction of sp³-hybridized carbons (Fsp3) is 0.182. The second kappa shape index (κ2) is 4.42. The summed E-state index contributed by atoms with van der Waals surface area (Å²) in [7, 11) is 0. The van der Waals surface area contributed by atoms with E-state index in [2.05, 4.69) is 15.9 Å². The van der Waals surface area contributed by atoms with E-state index in [1.807, 2.05) is 31.2 Å². The first kappa shape index (κ1) is 11.0. The zero-order chi connectivity index (χ0) is 10.7. The Bertz CT molecular complexity index is 394. The van der Waals surface area contributed by atoms with Gasteiger partial charge in [-0.2, -0.15) is 0 Å². The Morgan fingerprint density at radius 1 is 1.29 bits per heavy atom. The van der Waals surface area contributed by atoms with E-state index in [1.54, 1.807) is 6.92 Å². The van der Waals surface area contributed by atoms with Gasteiger partial charge in [0.2, 0.25) is 0 Å². The van der Waals surface area contributed by atoms with Crippen molar-refractivity contribution in [3.63, 3.8) is 0 Å². The number of hydrogen-bond acceptors (Lipinski definition) is 1. The van der Waals surface area contributed by atoms with Crippen molar-refractivity contribution in [3.05, 3.63) is 39.9 Å². The number of allylic oxidation sites excluding steroid dienone is 1. The highest BCUT2D eigenvalue weighted by Gasteiger charge is 2.08. The summed E-state index contributed by atoms with van der Waals surface area (Å²) in [6.45, 7) is 3.42. The highest BCUT2D eigenvalue weighted by molar-refractivity contribution is 9.10. The lowest BCUT2D eigenvalue weighted by Gasteiger charge is -2.06. The molecule has 1 aromatic rings. The molecule has 0 aliphatic rings. The van der Waals surface area contributed by atoms with Gasteiger partial charge < -0.3 is 5.11 Å². The van der Waals surface area contributed by atoms with E-state index >= 15 is 0 Å². The number of aliphatic carboxylic acids is 1. The van der Waals surface area contributed by atoms with Crippen molar-refractivity contribution in [2.45, 2.75) is 13.8 Å². The number of benzene rings is 1. The van der Waals surface area contributed by atoms with Crippen molar-refractivity contribution >= 4 is 27.5 Å². The Morgan fingerprint density at radius 3 is 2.36 bits per heavy atom. The van der Waals surface area contributed by atoms with Crippen molar-refractivity contribution in [2.24, 2.45) is 0 Å². The number of rotatable bonds is 2. The second-order valence-electron chi connectivity index (χ2n) is 3.03. The summed E-state index contributed by atoms with van der Waals surface area (Å²) in [4.78, 5) is 10.8. The van der Waals surface area contributed by atoms with Gasteiger partial charge in [0.1, 0.15) is 0 Å². The van der Waals surface area contributed by atoms with Gasteiger partial charge in [0.25, 0.3) is 0 Å². The number of carboxylic acids is 1. The molecule has 3 heteroatoms. The fourth-order valence-electron chi connectivity index (χ4n) is 1.13. The number of carboxylic acid groups (broad SMARTS) is 1. The van der Waals surface area contributed by atoms with Crippen LogP contribution in [0.4, 0.5) is 0 Å². The van der Waals surface area contributed by atoms with Crippen LogP contribution in [0.2, 0.25) is 0 Å². The van der Waals surface area contributed by atoms with Gasteiger partial charge in [-0.1, -0.05) is 34.1 Å². The van der Waals surface area contributed by atoms with E-state index in [0.717, 1.165) is 15.6 Å². The minimum absolute atomic E-state index is 0.372. The fourth-order valence-corrected chi connectivity index (χ4v) is 1.71. The van der Waals surface area contributed by atoms with Crippen molar-refractivity contribution < 1.29 is 9.90 Å². The first-order valence-electron chi connectivity index (χ1n) is 4.19. The van der Waals surface area contributed by atoms with Gasteiger partial charge in [0.15, 0.2) is 0 Å². The van der Waals surface area contributed by atoms with Crippen LogP contribution in [0.25, 0.3) is 5.57 Å². The molecule has 0 bridgehead atoms. The SMILES string of the molecule is C/C(C(=O)O)=C(/C)c1ccccc1Br. The maximum Gasteiger partial charge on any atom is 0.331 e. The third-order valence-electron chi connectivity index (χ3n) is 2.16. The summed E-state index contributed by atoms with van der Waals surface area (Å²) >= 11 is 3.39. The molecule has 74 valence electrons. The van der Waals surface area contributed by atoms with Crippen molar-refractivity contribution in [1.82, 2.24) is 0 Å². The Balaban J connectivity index is 3.25. The molecule has 0 spiro atoms. The Hall–Kier alpha value is -1.09. The number of halogens is 1. The lowest BCUT2D eigenvalue weighted by atomic mass is 10.0. The molecule has 14 heavy (non-hydrogen) atoms. The average Bonchev–Trinajstić information content (AvgIpc) is 2.16. The van der Waals surface area contributed by atoms with E-state index in [0.29, 0.717) is 5.57 Å². The molecule has 1 aromatic carbocycles. The van der Waals surface area contributed by atoms with Gasteiger partial charge in [0.05, 0.1) is 0 Å². The highest BCUT2D eigenvalue weighted by atomic mass is 79.9. The van der Waals surface area contributed by atoms with Crippen LogP contribution < -0.4 is 0 Å². The smallest absolute Gasteiger partial charge is 0.331 e. The average molecular weight is 255 g/mol. The highest BCUT2D eigenvalue weighted by Crippen LogP contribution is 2.25. The molecule has 1 N–H and O–H groups in total. The number of carbonyl (C=O) groups is 1. The standard InChI is InChI=1S/C11H11BrO2/c1-7(8(2)11(13)14)9-5-3-4-6-10(9)12/h3-6H,1-2H3,(H,13,14)/b8-7+. The largest absolute Gasteiger partial charge is 0.478 e. The normalized spacial score (nSPS) is 12.2. The van der Waals surface area contributed by atoms with Gasteiger partial charge >= 0.3 is 5.97 Å². The van der Waals surface area contributed by atoms with Crippen LogP contribution in [0, 0.1) is 0 Å². The quantitative estimate of drug-likeness (QED) is 0.823. The molecule has 0 fully saturated rings. The summed E-state index contributed by atoms with van der Waals surface area (Å²) in [6.07, 6.45) is 0. The van der Waals surface area contributed by atoms with Crippen LogP contribution in [-0.4, -0.2) is 11.1 Å². The minimum atomic E-state index is -0.877. The molecular formula is C11H11BrO2. The number of hydrogen-bond donors (Lipinski definition) is 1. The topological polar surface area (TPSA) is 37.3 Å². The first-order chi connectivity index (χ1) is 6.54. The maximum atomic E-state index is 10.8. The summed E-state index contributed by atoms with van der Waals surface area (Å²) in [6, 6.07) is 7.58. The predicted molar refractivity (Wildman–Crippen MR) is 60.0 cm³/mol. The molecular weight excluding hydrogens is 244 g/mol. The van der Waals surface area contributed by atoms with E-state index in [-0.39, 0.29) is 0 Å². The lowest BCUT2D eigenvalue weighted by molar-refractivity contribution is -0.132. The molecule has 0 heterocycles. The van der Waals surface area contributed by atoms with Crippen molar-refractivity contribution in [1.29, 1.82) is 0 Å². The maximum absolute atomic E-state index is 10.8. The summed E-state index contributed by atoms with van der Waals surface area (Å²) < 4.78 is 0.915. The molecule has 0 amide bonds. The Labute approximate surface area is 91.4 Å². The molecule has 0 aromatic heterocycles. The third-order valence-corrected chi connectivity index (χ3v) is 2.85. The van der Waals surface area contributed by atoms with Gasteiger partial charge in [-0.05, 0) is 31.1 Å². The van der Waals surface area contributed by atoms with Gasteiger partial charge in [-0.25, -0.2) is 4.79 Å². The minimum Gasteiger partial charge on any atom is -0.478 e. The van der Waals surface area contributed by atoms with Crippen LogP contribution >= 0.6 is 15.9 Å². The van der Waals surface area contributed by atoms with Crippen LogP contribution in [0.3, 0.4) is 0 Å². The monoisotopic (exact) mass is 254 g/mol. The summed E-state index contributed by atoms with van der Waals surface area (Å²) in [5, 5.41) is 8.83. The zero-order valence-corrected chi connectivity index (χ0v) is 9.63. The Kier molecular flexibility index (Phi) is 3.47. The van der Waals surface area contributed by atoms with Gasteiger partial charge in [0, 0.05) is 10.0 Å². The van der Waals surface area contributed by atoms with Crippen LogP contribution in [0.15, 0.2) is 34.3 Å². The van der Waals surface area contributed by atoms with E-state index in [9.17, 15) is 4.79 Å². The molecule has 0 radical (unpaired) electrons. The van der Waals surface area contributed by atoms with Gasteiger partial charge in [-0.3, -0.25) is 0 Å². The second-order valence-corrected chi connectivity index (χ2v) is 3.89. The molecule has 1 rings (SSSR count). The van der Waals surface area contributed by atoms with Crippen LogP contribution in [-0.2, 0) is 4.79 Å². The molecule has 0 saturated heterocycles. The Morgan fingerprint density at radius 2 is 1.86 bits per heavy atom. The van der Waals surface area contributed by atoms with E-state index < -0.39 is 5.97 Å². The van der Waals surface area contributed by atoms with Crippen molar-refractivity contribution in [2.75, 3.05) is 0 Å². The molecule has 0 aliphatic heterocycles. The lowest BCUT2D eigenvalue weighted by Crippen LogP contribution is -1.99. The molecule has 0 aliphatic carbocycles. The molecule has 0 atom stereocenters. The van der Waals surface area contributed by atoms with Crippen LogP contribution in [0.5, 0.6) is 0 Å². The first-order valence-corrected chi connectivity index (χ1v) is 4.99. The molecule has 0 unspecified atom stereocenters.